The van der Waals surface area contributed by atoms with Crippen molar-refractivity contribution in [3.63, 3.8) is 0 Å². The van der Waals surface area contributed by atoms with Gasteiger partial charge in [0.1, 0.15) is 0 Å². The van der Waals surface area contributed by atoms with Crippen molar-refractivity contribution in [2.75, 3.05) is 13.2 Å². The van der Waals surface area contributed by atoms with E-state index in [1.807, 2.05) is 36.4 Å². The monoisotopic (exact) mass is 358 g/mol. The van der Waals surface area contributed by atoms with Gasteiger partial charge in [0.15, 0.2) is 0 Å². The molecule has 1 aliphatic rings. The first-order chi connectivity index (χ1) is 13.2. The first kappa shape index (κ1) is 19.2. The van der Waals surface area contributed by atoms with Crippen molar-refractivity contribution >= 4 is 0 Å². The molecule has 138 valence electrons. The summed E-state index contributed by atoms with van der Waals surface area (Å²) in [7, 11) is 0. The predicted octanol–water partition coefficient (Wildman–Crippen LogP) is 5.62. The molecule has 2 aromatic carbocycles. The van der Waals surface area contributed by atoms with Crippen LogP contribution in [0.5, 0.6) is 0 Å². The second kappa shape index (κ2) is 9.37. The second-order valence-electron chi connectivity index (χ2n) is 7.12. The summed E-state index contributed by atoms with van der Waals surface area (Å²) in [6, 6.07) is 20.5. The zero-order chi connectivity index (χ0) is 19.0. The summed E-state index contributed by atoms with van der Waals surface area (Å²) < 4.78 is 12.2. The standard InChI is InChI=1S/C25H26O2/c1-3-23-15-25(16-24(23)4-2,19-26-17-21-11-7-5-8-12-21)20-27-18-22-13-9-6-10-14-22/h5-14H,1-2,15-20H2. The van der Waals surface area contributed by atoms with E-state index in [9.17, 15) is 0 Å². The number of hydrogen-bond donors (Lipinski definition) is 0. The van der Waals surface area contributed by atoms with Crippen LogP contribution in [0, 0.1) is 5.41 Å². The zero-order valence-corrected chi connectivity index (χ0v) is 15.7. The highest BCUT2D eigenvalue weighted by Crippen LogP contribution is 2.45. The van der Waals surface area contributed by atoms with E-state index in [0.717, 1.165) is 24.0 Å². The second-order valence-corrected chi connectivity index (χ2v) is 7.12. The van der Waals surface area contributed by atoms with Gasteiger partial charge in [-0.05, 0) is 24.0 Å². The summed E-state index contributed by atoms with van der Waals surface area (Å²) in [4.78, 5) is 0. The van der Waals surface area contributed by atoms with Crippen LogP contribution in [0.4, 0.5) is 0 Å². The molecule has 0 unspecified atom stereocenters. The Balaban J connectivity index is 1.65. The van der Waals surface area contributed by atoms with Crippen LogP contribution in [0.1, 0.15) is 24.0 Å². The van der Waals surface area contributed by atoms with Gasteiger partial charge in [-0.1, -0.05) is 73.8 Å². The van der Waals surface area contributed by atoms with Crippen LogP contribution in [0.2, 0.25) is 0 Å². The van der Waals surface area contributed by atoms with Crippen molar-refractivity contribution in [1.82, 2.24) is 0 Å². The minimum atomic E-state index is -0.121. The van der Waals surface area contributed by atoms with Crippen LogP contribution in [0.25, 0.3) is 0 Å². The highest BCUT2D eigenvalue weighted by atomic mass is 16.5. The van der Waals surface area contributed by atoms with Gasteiger partial charge in [-0.15, -0.1) is 11.5 Å². The highest BCUT2D eigenvalue weighted by molar-refractivity contribution is 5.37. The SMILES string of the molecule is C=C=C1CC(COCc2ccccc2)(COCc2ccccc2)CC1=C=C. The summed E-state index contributed by atoms with van der Waals surface area (Å²) in [6.45, 7) is 10.1. The minimum absolute atomic E-state index is 0.121. The minimum Gasteiger partial charge on any atom is -0.376 e. The molecule has 0 atom stereocenters. The Morgan fingerprint density at radius 1 is 0.704 bits per heavy atom. The summed E-state index contributed by atoms with van der Waals surface area (Å²) in [5, 5.41) is 0. The Morgan fingerprint density at radius 2 is 1.11 bits per heavy atom. The third kappa shape index (κ3) is 5.20. The molecule has 1 aliphatic carbocycles. The molecule has 0 aliphatic heterocycles. The molecule has 0 radical (unpaired) electrons. The van der Waals surface area contributed by atoms with E-state index in [4.69, 9.17) is 9.47 Å². The molecule has 0 saturated heterocycles. The molecule has 0 spiro atoms. The van der Waals surface area contributed by atoms with E-state index in [0.29, 0.717) is 26.4 Å². The topological polar surface area (TPSA) is 18.5 Å². The van der Waals surface area contributed by atoms with Gasteiger partial charge in [0.2, 0.25) is 0 Å². The maximum absolute atomic E-state index is 6.09. The van der Waals surface area contributed by atoms with Crippen molar-refractivity contribution in [2.24, 2.45) is 5.41 Å². The molecular weight excluding hydrogens is 332 g/mol. The molecular formula is C25H26O2. The zero-order valence-electron chi connectivity index (χ0n) is 15.7. The van der Waals surface area contributed by atoms with E-state index in [1.165, 1.54) is 11.1 Å². The molecule has 0 aromatic heterocycles. The lowest BCUT2D eigenvalue weighted by Gasteiger charge is -2.28. The molecule has 2 nitrogen and oxygen atoms in total. The molecule has 1 fully saturated rings. The molecule has 0 heterocycles. The first-order valence-corrected chi connectivity index (χ1v) is 9.26. The van der Waals surface area contributed by atoms with Crippen molar-refractivity contribution in [1.29, 1.82) is 0 Å². The molecule has 0 bridgehead atoms. The summed E-state index contributed by atoms with van der Waals surface area (Å²) in [5.74, 6) is 0. The Hall–Kier alpha value is -2.60. The van der Waals surface area contributed by atoms with E-state index >= 15 is 0 Å². The van der Waals surface area contributed by atoms with Crippen molar-refractivity contribution < 1.29 is 9.47 Å². The quantitative estimate of drug-likeness (QED) is 0.570. The van der Waals surface area contributed by atoms with Crippen molar-refractivity contribution in [3.8, 4) is 0 Å². The first-order valence-electron chi connectivity index (χ1n) is 9.26. The van der Waals surface area contributed by atoms with Crippen LogP contribution in [-0.4, -0.2) is 13.2 Å². The lowest BCUT2D eigenvalue weighted by molar-refractivity contribution is -0.0262. The van der Waals surface area contributed by atoms with E-state index in [-0.39, 0.29) is 5.41 Å². The lowest BCUT2D eigenvalue weighted by Crippen LogP contribution is -2.29. The fraction of sp³-hybridized carbons (Fsp3) is 0.280. The predicted molar refractivity (Wildman–Crippen MR) is 109 cm³/mol. The largest absolute Gasteiger partial charge is 0.376 e. The van der Waals surface area contributed by atoms with E-state index in [2.05, 4.69) is 48.9 Å². The van der Waals surface area contributed by atoms with Gasteiger partial charge in [-0.3, -0.25) is 0 Å². The number of allylic oxidation sites excluding steroid dienone is 2. The number of benzene rings is 2. The normalized spacial score (nSPS) is 15.4. The molecule has 27 heavy (non-hydrogen) atoms. The number of ether oxygens (including phenoxy) is 2. The Morgan fingerprint density at radius 3 is 1.48 bits per heavy atom. The molecule has 2 aromatic rings. The van der Waals surface area contributed by atoms with Gasteiger partial charge in [0, 0.05) is 16.6 Å². The van der Waals surface area contributed by atoms with E-state index < -0.39 is 0 Å². The van der Waals surface area contributed by atoms with E-state index in [1.54, 1.807) is 0 Å². The number of hydrogen-bond acceptors (Lipinski definition) is 2. The molecule has 3 rings (SSSR count). The molecule has 0 amide bonds. The fourth-order valence-electron chi connectivity index (χ4n) is 3.53. The maximum atomic E-state index is 6.09. The van der Waals surface area contributed by atoms with Crippen LogP contribution in [-0.2, 0) is 22.7 Å². The third-order valence-electron chi connectivity index (χ3n) is 4.93. The molecule has 1 saturated carbocycles. The van der Waals surface area contributed by atoms with Gasteiger partial charge < -0.3 is 9.47 Å². The maximum Gasteiger partial charge on any atom is 0.0717 e. The number of rotatable bonds is 8. The van der Waals surface area contributed by atoms with Crippen LogP contribution < -0.4 is 0 Å². The highest BCUT2D eigenvalue weighted by Gasteiger charge is 2.40. The summed E-state index contributed by atoms with van der Waals surface area (Å²) in [6.07, 6.45) is 1.66. The molecule has 0 N–H and O–H groups in total. The van der Waals surface area contributed by atoms with Gasteiger partial charge in [-0.2, -0.15) is 0 Å². The van der Waals surface area contributed by atoms with Gasteiger partial charge in [0.05, 0.1) is 26.4 Å². The van der Waals surface area contributed by atoms with Gasteiger partial charge in [-0.25, -0.2) is 0 Å². The molecule has 2 heteroatoms. The Bertz CT molecular complexity index is 765. The van der Waals surface area contributed by atoms with Crippen molar-refractivity contribution in [2.45, 2.75) is 26.1 Å². The van der Waals surface area contributed by atoms with Crippen LogP contribution in [0.3, 0.4) is 0 Å². The Labute approximate surface area is 162 Å². The van der Waals surface area contributed by atoms with Gasteiger partial charge in [0.25, 0.3) is 0 Å². The Kier molecular flexibility index (Phi) is 6.65. The summed E-state index contributed by atoms with van der Waals surface area (Å²) in [5.41, 5.74) is 10.5. The van der Waals surface area contributed by atoms with Crippen LogP contribution >= 0.6 is 0 Å². The van der Waals surface area contributed by atoms with Crippen molar-refractivity contribution in [3.05, 3.63) is 108 Å². The smallest absolute Gasteiger partial charge is 0.0717 e. The average Bonchev–Trinajstić information content (AvgIpc) is 3.08. The third-order valence-corrected chi connectivity index (χ3v) is 4.93. The summed E-state index contributed by atoms with van der Waals surface area (Å²) >= 11 is 0. The average molecular weight is 358 g/mol. The fourth-order valence-corrected chi connectivity index (χ4v) is 3.53. The lowest BCUT2D eigenvalue weighted by atomic mass is 9.87. The van der Waals surface area contributed by atoms with Gasteiger partial charge >= 0.3 is 0 Å². The van der Waals surface area contributed by atoms with Crippen LogP contribution in [0.15, 0.2) is 96.4 Å².